The van der Waals surface area contributed by atoms with Gasteiger partial charge in [-0.1, -0.05) is 26.6 Å². The predicted molar refractivity (Wildman–Crippen MR) is 85.7 cm³/mol. The van der Waals surface area contributed by atoms with Crippen molar-refractivity contribution >= 4 is 39.9 Å². The third-order valence-electron chi connectivity index (χ3n) is 2.64. The van der Waals surface area contributed by atoms with Gasteiger partial charge in [0.25, 0.3) is 0 Å². The van der Waals surface area contributed by atoms with Crippen molar-refractivity contribution in [1.82, 2.24) is 9.55 Å². The second kappa shape index (κ2) is 7.22. The lowest BCUT2D eigenvalue weighted by atomic mass is 10.3. The molecule has 0 unspecified atom stereocenters. The highest BCUT2D eigenvalue weighted by Crippen LogP contribution is 2.24. The molecule has 104 valence electrons. The van der Waals surface area contributed by atoms with E-state index in [9.17, 15) is 0 Å². The summed E-state index contributed by atoms with van der Waals surface area (Å²) in [6.07, 6.45) is 2.06. The number of nitrogens with zero attached hydrogens (tertiary/aromatic N) is 2. The van der Waals surface area contributed by atoms with Crippen LogP contribution in [-0.2, 0) is 17.9 Å². The molecule has 0 aliphatic rings. The number of hydrogen-bond acceptors (Lipinski definition) is 2. The Balaban J connectivity index is 2.55. The van der Waals surface area contributed by atoms with Gasteiger partial charge in [-0.05, 0) is 44.3 Å². The number of rotatable bonds is 7. The number of imidazole rings is 1. The molecule has 0 fully saturated rings. The minimum absolute atomic E-state index is 0.582. The van der Waals surface area contributed by atoms with Crippen molar-refractivity contribution in [3.05, 3.63) is 15.0 Å². The molecular formula is C12H22Br2N2OSi. The van der Waals surface area contributed by atoms with Crippen LogP contribution in [0.25, 0.3) is 0 Å². The minimum Gasteiger partial charge on any atom is -0.361 e. The van der Waals surface area contributed by atoms with Crippen molar-refractivity contribution in [2.75, 3.05) is 6.61 Å². The van der Waals surface area contributed by atoms with Gasteiger partial charge in [-0.25, -0.2) is 4.98 Å². The molecule has 1 heterocycles. The van der Waals surface area contributed by atoms with E-state index in [0.717, 1.165) is 34.5 Å². The maximum absolute atomic E-state index is 5.78. The number of ether oxygens (including phenoxy) is 1. The average Bonchev–Trinajstić information content (AvgIpc) is 2.50. The van der Waals surface area contributed by atoms with Crippen LogP contribution < -0.4 is 0 Å². The van der Waals surface area contributed by atoms with E-state index in [1.807, 2.05) is 0 Å². The van der Waals surface area contributed by atoms with Crippen LogP contribution in [0.1, 0.15) is 19.2 Å². The van der Waals surface area contributed by atoms with Gasteiger partial charge >= 0.3 is 0 Å². The summed E-state index contributed by atoms with van der Waals surface area (Å²) in [6, 6.07) is 1.20. The topological polar surface area (TPSA) is 27.1 Å². The Morgan fingerprint density at radius 1 is 1.28 bits per heavy atom. The molecule has 0 saturated carbocycles. The highest BCUT2D eigenvalue weighted by molar-refractivity contribution is 9.13. The van der Waals surface area contributed by atoms with Crippen LogP contribution in [0.3, 0.4) is 0 Å². The first-order valence-electron chi connectivity index (χ1n) is 6.33. The molecular weight excluding hydrogens is 376 g/mol. The van der Waals surface area contributed by atoms with Gasteiger partial charge in [0.2, 0.25) is 0 Å². The van der Waals surface area contributed by atoms with Crippen LogP contribution in [0.5, 0.6) is 0 Å². The Morgan fingerprint density at radius 3 is 2.50 bits per heavy atom. The summed E-state index contributed by atoms with van der Waals surface area (Å²) in [6.45, 7) is 10.7. The zero-order valence-electron chi connectivity index (χ0n) is 11.6. The van der Waals surface area contributed by atoms with E-state index >= 15 is 0 Å². The molecule has 0 aromatic carbocycles. The zero-order valence-corrected chi connectivity index (χ0v) is 15.8. The summed E-state index contributed by atoms with van der Waals surface area (Å²) in [5, 5.41) is 0. The number of aryl methyl sites for hydroxylation is 1. The van der Waals surface area contributed by atoms with E-state index in [1.165, 1.54) is 6.04 Å². The molecule has 0 bridgehead atoms. The first kappa shape index (κ1) is 16.4. The Bertz CT molecular complexity index is 388. The maximum atomic E-state index is 5.78. The SMILES string of the molecule is CCCc1nc(Br)c(Br)n1COCC[Si](C)(C)C. The third-order valence-corrected chi connectivity index (χ3v) is 6.23. The molecule has 0 saturated heterocycles. The Kier molecular flexibility index (Phi) is 6.57. The quantitative estimate of drug-likeness (QED) is 0.493. The number of hydrogen-bond donors (Lipinski definition) is 0. The van der Waals surface area contributed by atoms with E-state index in [2.05, 4.69) is 68.0 Å². The van der Waals surface area contributed by atoms with Crippen LogP contribution >= 0.6 is 31.9 Å². The first-order valence-corrected chi connectivity index (χ1v) is 11.6. The second-order valence-electron chi connectivity index (χ2n) is 5.64. The van der Waals surface area contributed by atoms with Gasteiger partial charge in [0.05, 0.1) is 0 Å². The fourth-order valence-electron chi connectivity index (χ4n) is 1.52. The summed E-state index contributed by atoms with van der Waals surface area (Å²) >= 11 is 7.00. The normalized spacial score (nSPS) is 12.1. The predicted octanol–water partition coefficient (Wildman–Crippen LogP) is 4.67. The van der Waals surface area contributed by atoms with Gasteiger partial charge in [0.1, 0.15) is 21.8 Å². The van der Waals surface area contributed by atoms with Crippen LogP contribution in [-0.4, -0.2) is 24.2 Å². The zero-order chi connectivity index (χ0) is 13.8. The van der Waals surface area contributed by atoms with Gasteiger partial charge in [0.15, 0.2) is 0 Å². The molecule has 0 N–H and O–H groups in total. The summed E-state index contributed by atoms with van der Waals surface area (Å²) in [4.78, 5) is 4.49. The fourth-order valence-corrected chi connectivity index (χ4v) is 3.10. The Morgan fingerprint density at radius 2 is 1.94 bits per heavy atom. The molecule has 1 aromatic rings. The summed E-state index contributed by atoms with van der Waals surface area (Å²) in [5.74, 6) is 1.07. The molecule has 0 radical (unpaired) electrons. The average molecular weight is 398 g/mol. The van der Waals surface area contributed by atoms with Crippen LogP contribution in [0, 0.1) is 0 Å². The second-order valence-corrected chi connectivity index (χ2v) is 12.8. The summed E-state index contributed by atoms with van der Waals surface area (Å²) in [7, 11) is -1.00. The van der Waals surface area contributed by atoms with Gasteiger partial charge < -0.3 is 4.74 Å². The highest BCUT2D eigenvalue weighted by atomic mass is 79.9. The monoisotopic (exact) mass is 396 g/mol. The first-order chi connectivity index (χ1) is 8.35. The molecule has 0 spiro atoms. The lowest BCUT2D eigenvalue weighted by molar-refractivity contribution is 0.0836. The van der Waals surface area contributed by atoms with E-state index < -0.39 is 8.07 Å². The van der Waals surface area contributed by atoms with Crippen molar-refractivity contribution in [3.8, 4) is 0 Å². The van der Waals surface area contributed by atoms with Crippen LogP contribution in [0.15, 0.2) is 9.21 Å². The summed E-state index contributed by atoms with van der Waals surface area (Å²) < 4.78 is 9.71. The molecule has 1 aromatic heterocycles. The van der Waals surface area contributed by atoms with Crippen LogP contribution in [0.4, 0.5) is 0 Å². The molecule has 0 atom stereocenters. The largest absolute Gasteiger partial charge is 0.361 e. The number of halogens is 2. The van der Waals surface area contributed by atoms with Crippen molar-refractivity contribution < 1.29 is 4.74 Å². The van der Waals surface area contributed by atoms with Crippen molar-refractivity contribution in [3.63, 3.8) is 0 Å². The Hall–Kier alpha value is 0.347. The molecule has 1 rings (SSSR count). The van der Waals surface area contributed by atoms with Crippen LogP contribution in [0.2, 0.25) is 25.7 Å². The lowest BCUT2D eigenvalue weighted by Crippen LogP contribution is -2.22. The molecule has 6 heteroatoms. The molecule has 18 heavy (non-hydrogen) atoms. The van der Waals surface area contributed by atoms with Crippen molar-refractivity contribution in [1.29, 1.82) is 0 Å². The van der Waals surface area contributed by atoms with Gasteiger partial charge in [0, 0.05) is 21.1 Å². The van der Waals surface area contributed by atoms with E-state index in [4.69, 9.17) is 4.74 Å². The Labute approximate surface area is 128 Å². The molecule has 0 amide bonds. The minimum atomic E-state index is -1.00. The smallest absolute Gasteiger partial charge is 0.139 e. The lowest BCUT2D eigenvalue weighted by Gasteiger charge is -2.16. The van der Waals surface area contributed by atoms with E-state index in [-0.39, 0.29) is 0 Å². The third kappa shape index (κ3) is 5.15. The molecule has 3 nitrogen and oxygen atoms in total. The summed E-state index contributed by atoms with van der Waals surface area (Å²) in [5.41, 5.74) is 0. The van der Waals surface area contributed by atoms with E-state index in [0.29, 0.717) is 6.73 Å². The van der Waals surface area contributed by atoms with Gasteiger partial charge in [-0.2, -0.15) is 0 Å². The molecule has 0 aliphatic carbocycles. The highest BCUT2D eigenvalue weighted by Gasteiger charge is 2.14. The maximum Gasteiger partial charge on any atom is 0.139 e. The van der Waals surface area contributed by atoms with Gasteiger partial charge in [-0.3, -0.25) is 4.57 Å². The molecule has 0 aliphatic heterocycles. The number of aromatic nitrogens is 2. The van der Waals surface area contributed by atoms with Crippen molar-refractivity contribution in [2.24, 2.45) is 0 Å². The van der Waals surface area contributed by atoms with Gasteiger partial charge in [-0.15, -0.1) is 0 Å². The standard InChI is InChI=1S/C12H22Br2N2OSi/c1-5-6-10-15-11(13)12(14)16(10)9-17-7-8-18(2,3)4/h5-9H2,1-4H3. The van der Waals surface area contributed by atoms with Crippen molar-refractivity contribution in [2.45, 2.75) is 52.2 Å². The van der Waals surface area contributed by atoms with E-state index in [1.54, 1.807) is 0 Å². The fraction of sp³-hybridized carbons (Fsp3) is 0.750.